The van der Waals surface area contributed by atoms with Crippen LogP contribution in [-0.4, -0.2) is 30.1 Å². The van der Waals surface area contributed by atoms with E-state index in [0.717, 1.165) is 12.0 Å². The molecule has 1 unspecified atom stereocenters. The van der Waals surface area contributed by atoms with Crippen molar-refractivity contribution in [3.8, 4) is 0 Å². The molecule has 3 heteroatoms. The number of nitrogens with zero attached hydrogens (tertiary/aromatic N) is 1. The summed E-state index contributed by atoms with van der Waals surface area (Å²) < 4.78 is 12.9. The lowest BCUT2D eigenvalue weighted by Crippen LogP contribution is -2.54. The van der Waals surface area contributed by atoms with Gasteiger partial charge < -0.3 is 5.73 Å². The summed E-state index contributed by atoms with van der Waals surface area (Å²) in [6.07, 6.45) is 0.832. The van der Waals surface area contributed by atoms with E-state index in [0.29, 0.717) is 12.6 Å². The number of likely N-dealkylation sites (N-methyl/N-ethyl adjacent to an activating group) is 1. The van der Waals surface area contributed by atoms with Crippen LogP contribution in [-0.2, 0) is 6.42 Å². The second-order valence-corrected chi connectivity index (χ2v) is 5.21. The largest absolute Gasteiger partial charge is 0.329 e. The Labute approximate surface area is 104 Å². The third kappa shape index (κ3) is 3.51. The van der Waals surface area contributed by atoms with Crippen LogP contribution >= 0.6 is 0 Å². The van der Waals surface area contributed by atoms with Crippen LogP contribution < -0.4 is 5.73 Å². The molecular formula is C14H23FN2. The van der Waals surface area contributed by atoms with Crippen molar-refractivity contribution in [1.29, 1.82) is 0 Å². The van der Waals surface area contributed by atoms with Gasteiger partial charge in [-0.3, -0.25) is 4.90 Å². The third-order valence-corrected chi connectivity index (χ3v) is 3.56. The highest BCUT2D eigenvalue weighted by molar-refractivity contribution is 5.19. The molecule has 2 nitrogen and oxygen atoms in total. The Hall–Kier alpha value is -0.930. The fraction of sp³-hybridized carbons (Fsp3) is 0.571. The highest BCUT2D eigenvalue weighted by Crippen LogP contribution is 2.21. The molecule has 0 spiro atoms. The predicted octanol–water partition coefficient (Wildman–Crippen LogP) is 2.43. The van der Waals surface area contributed by atoms with Crippen molar-refractivity contribution in [2.24, 2.45) is 5.73 Å². The maximum atomic E-state index is 12.9. The highest BCUT2D eigenvalue weighted by Gasteiger charge is 2.29. The third-order valence-electron chi connectivity index (χ3n) is 3.56. The maximum absolute atomic E-state index is 12.9. The van der Waals surface area contributed by atoms with E-state index in [-0.39, 0.29) is 11.4 Å². The topological polar surface area (TPSA) is 29.3 Å². The van der Waals surface area contributed by atoms with Crippen LogP contribution in [0.4, 0.5) is 4.39 Å². The van der Waals surface area contributed by atoms with Crippen LogP contribution in [0.1, 0.15) is 26.3 Å². The molecule has 1 rings (SSSR count). The summed E-state index contributed by atoms with van der Waals surface area (Å²) in [6, 6.07) is 7.10. The summed E-state index contributed by atoms with van der Waals surface area (Å²) in [7, 11) is 2.08. The van der Waals surface area contributed by atoms with Crippen LogP contribution in [0.3, 0.4) is 0 Å². The van der Waals surface area contributed by atoms with E-state index in [1.165, 1.54) is 12.1 Å². The Morgan fingerprint density at radius 1 is 1.29 bits per heavy atom. The molecule has 0 aromatic heterocycles. The van der Waals surface area contributed by atoms with Crippen molar-refractivity contribution >= 4 is 0 Å². The molecule has 0 aliphatic rings. The predicted molar refractivity (Wildman–Crippen MR) is 70.5 cm³/mol. The lowest BCUT2D eigenvalue weighted by Gasteiger charge is -2.41. The summed E-state index contributed by atoms with van der Waals surface area (Å²) in [5, 5.41) is 0. The zero-order valence-electron chi connectivity index (χ0n) is 11.2. The minimum Gasteiger partial charge on any atom is -0.329 e. The summed E-state index contributed by atoms with van der Waals surface area (Å²) in [4.78, 5) is 2.27. The van der Waals surface area contributed by atoms with Gasteiger partial charge in [-0.2, -0.15) is 0 Å². The summed E-state index contributed by atoms with van der Waals surface area (Å²) in [5.41, 5.74) is 6.93. The maximum Gasteiger partial charge on any atom is 0.123 e. The fourth-order valence-corrected chi connectivity index (χ4v) is 2.01. The Morgan fingerprint density at radius 2 is 1.82 bits per heavy atom. The summed E-state index contributed by atoms with van der Waals surface area (Å²) in [6.45, 7) is 7.03. The lowest BCUT2D eigenvalue weighted by atomic mass is 9.90. The van der Waals surface area contributed by atoms with E-state index in [9.17, 15) is 4.39 Å². The van der Waals surface area contributed by atoms with Crippen molar-refractivity contribution in [2.45, 2.75) is 38.8 Å². The molecule has 0 amide bonds. The first-order valence-electron chi connectivity index (χ1n) is 6.06. The molecule has 0 radical (unpaired) electrons. The number of benzene rings is 1. The average molecular weight is 238 g/mol. The van der Waals surface area contributed by atoms with Gasteiger partial charge in [0.15, 0.2) is 0 Å². The Bertz CT molecular complexity index is 348. The SMILES string of the molecule is CC(C)N(C)C(C)(CN)Cc1ccc(F)cc1. The molecule has 0 bridgehead atoms. The first kappa shape index (κ1) is 14.1. The quantitative estimate of drug-likeness (QED) is 0.853. The zero-order chi connectivity index (χ0) is 13.1. The van der Waals surface area contributed by atoms with E-state index in [1.54, 1.807) is 0 Å². The molecule has 1 aromatic rings. The minimum atomic E-state index is -0.194. The van der Waals surface area contributed by atoms with Gasteiger partial charge in [0.2, 0.25) is 0 Å². The molecule has 0 saturated carbocycles. The molecule has 96 valence electrons. The van der Waals surface area contributed by atoms with E-state index < -0.39 is 0 Å². The monoisotopic (exact) mass is 238 g/mol. The van der Waals surface area contributed by atoms with E-state index in [2.05, 4.69) is 32.7 Å². The molecule has 17 heavy (non-hydrogen) atoms. The van der Waals surface area contributed by atoms with Crippen LogP contribution in [0, 0.1) is 5.82 Å². The molecular weight excluding hydrogens is 215 g/mol. The summed E-state index contributed by atoms with van der Waals surface area (Å²) in [5.74, 6) is -0.194. The van der Waals surface area contributed by atoms with Gasteiger partial charge in [-0.25, -0.2) is 4.39 Å². The number of rotatable bonds is 5. The first-order chi connectivity index (χ1) is 7.89. The van der Waals surface area contributed by atoms with Crippen molar-refractivity contribution in [3.63, 3.8) is 0 Å². The van der Waals surface area contributed by atoms with Gasteiger partial charge in [-0.15, -0.1) is 0 Å². The molecule has 0 saturated heterocycles. The molecule has 0 aliphatic heterocycles. The minimum absolute atomic E-state index is 0.0913. The Morgan fingerprint density at radius 3 is 2.24 bits per heavy atom. The summed E-state index contributed by atoms with van der Waals surface area (Å²) >= 11 is 0. The van der Waals surface area contributed by atoms with Crippen molar-refractivity contribution in [1.82, 2.24) is 4.90 Å². The highest BCUT2D eigenvalue weighted by atomic mass is 19.1. The van der Waals surface area contributed by atoms with Crippen molar-refractivity contribution in [2.75, 3.05) is 13.6 Å². The average Bonchev–Trinajstić information content (AvgIpc) is 2.31. The first-order valence-corrected chi connectivity index (χ1v) is 6.06. The van der Waals surface area contributed by atoms with E-state index in [4.69, 9.17) is 5.73 Å². The van der Waals surface area contributed by atoms with Gasteiger partial charge >= 0.3 is 0 Å². The van der Waals surface area contributed by atoms with Gasteiger partial charge in [0.25, 0.3) is 0 Å². The van der Waals surface area contributed by atoms with Gasteiger partial charge in [0, 0.05) is 18.1 Å². The lowest BCUT2D eigenvalue weighted by molar-refractivity contribution is 0.109. The number of hydrogen-bond donors (Lipinski definition) is 1. The molecule has 1 atom stereocenters. The molecule has 1 aromatic carbocycles. The van der Waals surface area contributed by atoms with Gasteiger partial charge in [-0.05, 0) is 51.9 Å². The molecule has 2 N–H and O–H groups in total. The Kier molecular flexibility index (Phi) is 4.66. The molecule has 0 aliphatic carbocycles. The van der Waals surface area contributed by atoms with E-state index in [1.807, 2.05) is 12.1 Å². The second-order valence-electron chi connectivity index (χ2n) is 5.21. The molecule has 0 fully saturated rings. The Balaban J connectivity index is 2.85. The standard InChI is InChI=1S/C14H23FN2/c1-11(2)17(4)14(3,10-16)9-12-5-7-13(15)8-6-12/h5-8,11H,9-10,16H2,1-4H3. The van der Waals surface area contributed by atoms with Crippen LogP contribution in [0.2, 0.25) is 0 Å². The van der Waals surface area contributed by atoms with Gasteiger partial charge in [0.05, 0.1) is 0 Å². The fourth-order valence-electron chi connectivity index (χ4n) is 2.01. The van der Waals surface area contributed by atoms with Crippen molar-refractivity contribution in [3.05, 3.63) is 35.6 Å². The second kappa shape index (κ2) is 5.61. The van der Waals surface area contributed by atoms with Crippen LogP contribution in [0.15, 0.2) is 24.3 Å². The number of nitrogens with two attached hydrogens (primary N) is 1. The smallest absolute Gasteiger partial charge is 0.123 e. The van der Waals surface area contributed by atoms with Gasteiger partial charge in [0.1, 0.15) is 5.82 Å². The van der Waals surface area contributed by atoms with Crippen LogP contribution in [0.25, 0.3) is 0 Å². The van der Waals surface area contributed by atoms with E-state index >= 15 is 0 Å². The van der Waals surface area contributed by atoms with Gasteiger partial charge in [-0.1, -0.05) is 12.1 Å². The van der Waals surface area contributed by atoms with Crippen molar-refractivity contribution < 1.29 is 4.39 Å². The number of hydrogen-bond acceptors (Lipinski definition) is 2. The number of halogens is 1. The normalized spacial score (nSPS) is 15.3. The van der Waals surface area contributed by atoms with Crippen LogP contribution in [0.5, 0.6) is 0 Å². The molecule has 0 heterocycles. The zero-order valence-corrected chi connectivity index (χ0v) is 11.2.